The fraction of sp³-hybridized carbons (Fsp3) is 0.375. The van der Waals surface area contributed by atoms with Crippen LogP contribution in [0.1, 0.15) is 5.56 Å². The minimum atomic E-state index is -1.40. The maximum atomic E-state index is 14.7. The Morgan fingerprint density at radius 1 is 1.12 bits per heavy atom. The molecule has 33 heavy (non-hydrogen) atoms. The van der Waals surface area contributed by atoms with Crippen LogP contribution in [0, 0.1) is 11.6 Å². The molecule has 0 bridgehead atoms. The van der Waals surface area contributed by atoms with E-state index in [1.165, 1.54) is 12.1 Å². The SMILES string of the molecule is Fc1ccc(C2(Cn3ccnc3)OCC(COc3ccc(N4CCNCC4)cc3)O2)c(F)c1. The van der Waals surface area contributed by atoms with Crippen LogP contribution >= 0.6 is 0 Å². The lowest BCUT2D eigenvalue weighted by atomic mass is 10.0. The van der Waals surface area contributed by atoms with Gasteiger partial charge in [0.05, 0.1) is 19.5 Å². The van der Waals surface area contributed by atoms with Crippen molar-refractivity contribution < 1.29 is 23.0 Å². The Hall–Kier alpha value is -3.01. The van der Waals surface area contributed by atoms with Gasteiger partial charge in [0.25, 0.3) is 0 Å². The summed E-state index contributed by atoms with van der Waals surface area (Å²) in [6.45, 7) is 4.54. The fourth-order valence-electron chi connectivity index (χ4n) is 4.24. The average Bonchev–Trinajstić information content (AvgIpc) is 3.49. The van der Waals surface area contributed by atoms with Crippen LogP contribution in [0.25, 0.3) is 0 Å². The molecule has 7 nitrogen and oxygen atoms in total. The summed E-state index contributed by atoms with van der Waals surface area (Å²) in [4.78, 5) is 6.36. The highest BCUT2D eigenvalue weighted by atomic mass is 19.1. The summed E-state index contributed by atoms with van der Waals surface area (Å²) in [7, 11) is 0. The molecule has 1 N–H and O–H groups in total. The highest BCUT2D eigenvalue weighted by Gasteiger charge is 2.45. The van der Waals surface area contributed by atoms with Crippen molar-refractivity contribution in [2.75, 3.05) is 44.3 Å². The van der Waals surface area contributed by atoms with Crippen molar-refractivity contribution in [3.63, 3.8) is 0 Å². The average molecular weight is 456 g/mol. The number of hydrogen-bond donors (Lipinski definition) is 1. The Bertz CT molecular complexity index is 1060. The van der Waals surface area contributed by atoms with E-state index in [9.17, 15) is 8.78 Å². The summed E-state index contributed by atoms with van der Waals surface area (Å²) in [6.07, 6.45) is 4.53. The molecule has 1 aromatic heterocycles. The minimum Gasteiger partial charge on any atom is -0.491 e. The first-order chi connectivity index (χ1) is 16.1. The Morgan fingerprint density at radius 2 is 1.94 bits per heavy atom. The summed E-state index contributed by atoms with van der Waals surface area (Å²) in [5.74, 6) is -2.06. The number of aromatic nitrogens is 2. The molecule has 2 aliphatic heterocycles. The monoisotopic (exact) mass is 456 g/mol. The van der Waals surface area contributed by atoms with Gasteiger partial charge < -0.3 is 29.0 Å². The molecule has 0 spiro atoms. The van der Waals surface area contributed by atoms with Crippen LogP contribution < -0.4 is 15.0 Å². The molecule has 2 fully saturated rings. The van der Waals surface area contributed by atoms with Gasteiger partial charge in [0.15, 0.2) is 0 Å². The number of anilines is 1. The zero-order valence-electron chi connectivity index (χ0n) is 18.1. The van der Waals surface area contributed by atoms with E-state index in [0.29, 0.717) is 0 Å². The van der Waals surface area contributed by atoms with E-state index in [-0.39, 0.29) is 25.3 Å². The summed E-state index contributed by atoms with van der Waals surface area (Å²) < 4.78 is 48.1. The number of imidazole rings is 1. The topological polar surface area (TPSA) is 60.8 Å². The summed E-state index contributed by atoms with van der Waals surface area (Å²) >= 11 is 0. The van der Waals surface area contributed by atoms with Gasteiger partial charge in [-0.2, -0.15) is 0 Å². The van der Waals surface area contributed by atoms with Crippen molar-refractivity contribution in [2.24, 2.45) is 0 Å². The van der Waals surface area contributed by atoms with E-state index in [1.807, 2.05) is 24.3 Å². The van der Waals surface area contributed by atoms with Gasteiger partial charge in [-0.15, -0.1) is 0 Å². The summed E-state index contributed by atoms with van der Waals surface area (Å²) in [5.41, 5.74) is 1.30. The maximum Gasteiger partial charge on any atom is 0.216 e. The number of nitrogens with one attached hydrogen (secondary N) is 1. The lowest BCUT2D eigenvalue weighted by molar-refractivity contribution is -0.191. The van der Waals surface area contributed by atoms with Gasteiger partial charge in [0, 0.05) is 55.9 Å². The summed E-state index contributed by atoms with van der Waals surface area (Å²) in [6, 6.07) is 11.4. The Kier molecular flexibility index (Phi) is 6.26. The maximum absolute atomic E-state index is 14.7. The van der Waals surface area contributed by atoms with Crippen LogP contribution in [0.2, 0.25) is 0 Å². The molecule has 0 radical (unpaired) electrons. The van der Waals surface area contributed by atoms with Crippen molar-refractivity contribution in [1.29, 1.82) is 0 Å². The van der Waals surface area contributed by atoms with Gasteiger partial charge in [0.1, 0.15) is 30.1 Å². The second kappa shape index (κ2) is 9.46. The van der Waals surface area contributed by atoms with E-state index in [1.54, 1.807) is 23.3 Å². The lowest BCUT2D eigenvalue weighted by Crippen LogP contribution is -2.43. The van der Waals surface area contributed by atoms with Crippen molar-refractivity contribution in [1.82, 2.24) is 14.9 Å². The Balaban J connectivity index is 1.26. The molecule has 3 heterocycles. The molecule has 2 aliphatic rings. The molecule has 3 aromatic rings. The highest BCUT2D eigenvalue weighted by molar-refractivity contribution is 5.49. The molecule has 2 atom stereocenters. The van der Waals surface area contributed by atoms with Gasteiger partial charge >= 0.3 is 0 Å². The number of ether oxygens (including phenoxy) is 3. The van der Waals surface area contributed by atoms with Gasteiger partial charge in [-0.1, -0.05) is 0 Å². The summed E-state index contributed by atoms with van der Waals surface area (Å²) in [5, 5.41) is 3.35. The number of benzene rings is 2. The second-order valence-corrected chi connectivity index (χ2v) is 8.20. The molecule has 174 valence electrons. The van der Waals surface area contributed by atoms with Crippen molar-refractivity contribution in [3.05, 3.63) is 78.4 Å². The molecular weight excluding hydrogens is 430 g/mol. The molecule has 2 aromatic carbocycles. The predicted octanol–water partition coefficient (Wildman–Crippen LogP) is 2.92. The number of hydrogen-bond acceptors (Lipinski definition) is 6. The third-order valence-electron chi connectivity index (χ3n) is 5.91. The van der Waals surface area contributed by atoms with Crippen molar-refractivity contribution >= 4 is 5.69 Å². The molecule has 0 aliphatic carbocycles. The number of rotatable bonds is 7. The second-order valence-electron chi connectivity index (χ2n) is 8.20. The molecule has 0 amide bonds. The van der Waals surface area contributed by atoms with E-state index in [2.05, 4.69) is 15.2 Å². The fourth-order valence-corrected chi connectivity index (χ4v) is 4.24. The number of halogens is 2. The molecule has 5 rings (SSSR count). The van der Waals surface area contributed by atoms with Crippen LogP contribution in [0.3, 0.4) is 0 Å². The van der Waals surface area contributed by atoms with Crippen molar-refractivity contribution in [2.45, 2.75) is 18.4 Å². The quantitative estimate of drug-likeness (QED) is 0.590. The van der Waals surface area contributed by atoms with Gasteiger partial charge in [-0.05, 0) is 36.4 Å². The Morgan fingerprint density at radius 3 is 2.67 bits per heavy atom. The third-order valence-corrected chi connectivity index (χ3v) is 5.91. The Labute approximate surface area is 190 Å². The van der Waals surface area contributed by atoms with Crippen LogP contribution in [-0.4, -0.2) is 55.0 Å². The molecule has 2 unspecified atom stereocenters. The van der Waals surface area contributed by atoms with E-state index in [4.69, 9.17) is 14.2 Å². The van der Waals surface area contributed by atoms with Crippen LogP contribution in [-0.2, 0) is 21.8 Å². The zero-order valence-corrected chi connectivity index (χ0v) is 18.1. The van der Waals surface area contributed by atoms with Crippen LogP contribution in [0.15, 0.2) is 61.2 Å². The van der Waals surface area contributed by atoms with Gasteiger partial charge in [-0.25, -0.2) is 13.8 Å². The minimum absolute atomic E-state index is 0.139. The molecule has 0 saturated carbocycles. The van der Waals surface area contributed by atoms with Crippen LogP contribution in [0.4, 0.5) is 14.5 Å². The van der Waals surface area contributed by atoms with Gasteiger partial charge in [0.2, 0.25) is 5.79 Å². The first-order valence-corrected chi connectivity index (χ1v) is 11.0. The van der Waals surface area contributed by atoms with E-state index >= 15 is 0 Å². The lowest BCUT2D eigenvalue weighted by Gasteiger charge is -2.29. The normalized spacial score (nSPS) is 23.1. The third kappa shape index (κ3) is 4.85. The smallest absolute Gasteiger partial charge is 0.216 e. The standard InChI is InChI=1S/C24H26F2N4O3/c25-18-1-6-22(23(26)13-18)24(16-29-10-7-28-17-29)32-15-21(33-24)14-31-20-4-2-19(3-5-20)30-11-8-27-9-12-30/h1-7,10,13,17,21,27H,8-9,11-12,14-16H2. The first-order valence-electron chi connectivity index (χ1n) is 11.0. The zero-order chi connectivity index (χ0) is 22.7. The first kappa shape index (κ1) is 21.8. The highest BCUT2D eigenvalue weighted by Crippen LogP contribution is 2.38. The number of piperazine rings is 1. The number of nitrogens with zero attached hydrogens (tertiary/aromatic N) is 3. The van der Waals surface area contributed by atoms with E-state index < -0.39 is 23.5 Å². The molecule has 2 saturated heterocycles. The van der Waals surface area contributed by atoms with Crippen molar-refractivity contribution in [3.8, 4) is 5.75 Å². The molecular formula is C24H26F2N4O3. The predicted molar refractivity (Wildman–Crippen MR) is 118 cm³/mol. The van der Waals surface area contributed by atoms with E-state index in [0.717, 1.165) is 43.7 Å². The molecule has 9 heteroatoms. The van der Waals surface area contributed by atoms with Crippen LogP contribution in [0.5, 0.6) is 5.75 Å². The van der Waals surface area contributed by atoms with Gasteiger partial charge in [-0.3, -0.25) is 0 Å². The largest absolute Gasteiger partial charge is 0.491 e.